The fourth-order valence-corrected chi connectivity index (χ4v) is 4.13. The molecule has 152 valence electrons. The number of carbonyl (C=O) groups excluding carboxylic acids is 3. The van der Waals surface area contributed by atoms with Crippen molar-refractivity contribution in [3.63, 3.8) is 0 Å². The molecule has 0 N–H and O–H groups in total. The van der Waals surface area contributed by atoms with E-state index in [1.807, 2.05) is 6.92 Å². The number of rotatable bonds is 2. The van der Waals surface area contributed by atoms with Gasteiger partial charge in [0.05, 0.1) is 35.9 Å². The fourth-order valence-electron chi connectivity index (χ4n) is 4.13. The van der Waals surface area contributed by atoms with Crippen molar-refractivity contribution < 1.29 is 14.4 Å². The Morgan fingerprint density at radius 1 is 1.14 bits per heavy atom. The second-order valence-corrected chi connectivity index (χ2v) is 7.70. The normalized spacial score (nSPS) is 21.9. The Bertz CT molecular complexity index is 970. The summed E-state index contributed by atoms with van der Waals surface area (Å²) in [6.45, 7) is 4.39. The highest BCUT2D eigenvalue weighted by atomic mass is 16.2. The van der Waals surface area contributed by atoms with E-state index in [0.717, 1.165) is 5.69 Å². The van der Waals surface area contributed by atoms with Gasteiger partial charge in [-0.25, -0.2) is 4.98 Å². The second kappa shape index (κ2) is 6.94. The van der Waals surface area contributed by atoms with Gasteiger partial charge in [-0.1, -0.05) is 0 Å². The number of anilines is 1. The standard InChI is InChI=1S/C19H23N7O3/c1-13-6-21-16(8-20-13)18(29)24-5-4-19(11-24)12-25(15-7-22-23(3)9-15)17(28)10-26(19)14(2)27/h6-9H,4-5,10-12H2,1-3H3/t19-/m0/s1. The maximum atomic E-state index is 12.9. The number of carbonyl (C=O) groups is 3. The monoisotopic (exact) mass is 397 g/mol. The van der Waals surface area contributed by atoms with E-state index in [1.54, 1.807) is 45.0 Å². The first-order valence-electron chi connectivity index (χ1n) is 9.44. The molecular formula is C19H23N7O3. The number of hydrogen-bond donors (Lipinski definition) is 0. The molecule has 0 unspecified atom stereocenters. The summed E-state index contributed by atoms with van der Waals surface area (Å²) in [7, 11) is 1.79. The van der Waals surface area contributed by atoms with Gasteiger partial charge >= 0.3 is 0 Å². The highest BCUT2D eigenvalue weighted by molar-refractivity contribution is 5.98. The largest absolute Gasteiger partial charge is 0.335 e. The number of aromatic nitrogens is 4. The van der Waals surface area contributed by atoms with Gasteiger partial charge in [-0.05, 0) is 13.3 Å². The van der Waals surface area contributed by atoms with Crippen LogP contribution in [0.15, 0.2) is 24.8 Å². The molecule has 2 aromatic heterocycles. The number of amides is 3. The topological polar surface area (TPSA) is 105 Å². The van der Waals surface area contributed by atoms with E-state index in [-0.39, 0.29) is 30.0 Å². The minimum atomic E-state index is -0.636. The van der Waals surface area contributed by atoms with Crippen LogP contribution >= 0.6 is 0 Å². The summed E-state index contributed by atoms with van der Waals surface area (Å²) in [6.07, 6.45) is 7.02. The number of nitrogens with zero attached hydrogens (tertiary/aromatic N) is 7. The highest BCUT2D eigenvalue weighted by Crippen LogP contribution is 2.34. The van der Waals surface area contributed by atoms with Crippen LogP contribution in [0.2, 0.25) is 0 Å². The Hall–Kier alpha value is -3.30. The van der Waals surface area contributed by atoms with E-state index in [4.69, 9.17) is 0 Å². The van der Waals surface area contributed by atoms with E-state index in [1.165, 1.54) is 13.1 Å². The quantitative estimate of drug-likeness (QED) is 0.706. The third-order valence-corrected chi connectivity index (χ3v) is 5.62. The Morgan fingerprint density at radius 3 is 2.55 bits per heavy atom. The van der Waals surface area contributed by atoms with Gasteiger partial charge in [0.25, 0.3) is 5.91 Å². The van der Waals surface area contributed by atoms with Gasteiger partial charge in [-0.3, -0.25) is 24.0 Å². The predicted octanol–water partition coefficient (Wildman–Crippen LogP) is -0.00148. The molecule has 3 amide bonds. The number of hydrogen-bond acceptors (Lipinski definition) is 6. The lowest BCUT2D eigenvalue weighted by atomic mass is 9.92. The fraction of sp³-hybridized carbons (Fsp3) is 0.474. The summed E-state index contributed by atoms with van der Waals surface area (Å²) in [6, 6.07) is 0. The van der Waals surface area contributed by atoms with Crippen LogP contribution in [-0.2, 0) is 16.6 Å². The average molecular weight is 397 g/mol. The molecule has 1 spiro atoms. The van der Waals surface area contributed by atoms with Crippen molar-refractivity contribution >= 4 is 23.4 Å². The Balaban J connectivity index is 1.61. The summed E-state index contributed by atoms with van der Waals surface area (Å²) < 4.78 is 1.63. The Morgan fingerprint density at radius 2 is 1.93 bits per heavy atom. The molecule has 0 aromatic carbocycles. The van der Waals surface area contributed by atoms with Crippen LogP contribution in [0.25, 0.3) is 0 Å². The molecule has 2 aromatic rings. The molecule has 0 saturated carbocycles. The summed E-state index contributed by atoms with van der Waals surface area (Å²) in [5.74, 6) is -0.552. The zero-order chi connectivity index (χ0) is 20.8. The van der Waals surface area contributed by atoms with E-state index < -0.39 is 5.54 Å². The van der Waals surface area contributed by atoms with Crippen LogP contribution in [-0.4, -0.2) is 79.0 Å². The Labute approximate surface area is 168 Å². The van der Waals surface area contributed by atoms with Gasteiger partial charge in [0.15, 0.2) is 0 Å². The first-order chi connectivity index (χ1) is 13.8. The van der Waals surface area contributed by atoms with Crippen molar-refractivity contribution in [1.82, 2.24) is 29.5 Å². The average Bonchev–Trinajstić information content (AvgIpc) is 3.30. The van der Waals surface area contributed by atoms with Gasteiger partial charge in [0, 0.05) is 39.5 Å². The third-order valence-electron chi connectivity index (χ3n) is 5.62. The third kappa shape index (κ3) is 3.34. The molecule has 4 rings (SSSR count). The number of aryl methyl sites for hydroxylation is 2. The molecule has 2 aliphatic heterocycles. The maximum Gasteiger partial charge on any atom is 0.274 e. The van der Waals surface area contributed by atoms with Crippen molar-refractivity contribution in [3.8, 4) is 0 Å². The molecule has 29 heavy (non-hydrogen) atoms. The van der Waals surface area contributed by atoms with Gasteiger partial charge in [-0.15, -0.1) is 0 Å². The first kappa shape index (κ1) is 19.0. The van der Waals surface area contributed by atoms with E-state index >= 15 is 0 Å². The van der Waals surface area contributed by atoms with Crippen molar-refractivity contribution in [1.29, 1.82) is 0 Å². The molecular weight excluding hydrogens is 374 g/mol. The first-order valence-corrected chi connectivity index (χ1v) is 9.44. The van der Waals surface area contributed by atoms with Gasteiger partial charge in [0.1, 0.15) is 12.2 Å². The molecule has 2 fully saturated rings. The van der Waals surface area contributed by atoms with Gasteiger partial charge < -0.3 is 14.7 Å². The molecule has 0 aliphatic carbocycles. The Kier molecular flexibility index (Phi) is 4.56. The zero-order valence-corrected chi connectivity index (χ0v) is 16.7. The van der Waals surface area contributed by atoms with Crippen LogP contribution in [0.5, 0.6) is 0 Å². The summed E-state index contributed by atoms with van der Waals surface area (Å²) in [5, 5.41) is 4.15. The lowest BCUT2D eigenvalue weighted by molar-refractivity contribution is -0.142. The minimum Gasteiger partial charge on any atom is -0.335 e. The van der Waals surface area contributed by atoms with Crippen LogP contribution in [0.3, 0.4) is 0 Å². The molecule has 0 radical (unpaired) electrons. The van der Waals surface area contributed by atoms with Crippen LogP contribution in [0, 0.1) is 6.92 Å². The molecule has 10 nitrogen and oxygen atoms in total. The number of piperazine rings is 1. The molecule has 2 saturated heterocycles. The predicted molar refractivity (Wildman–Crippen MR) is 103 cm³/mol. The van der Waals surface area contributed by atoms with Crippen molar-refractivity contribution in [2.75, 3.05) is 31.1 Å². The summed E-state index contributed by atoms with van der Waals surface area (Å²) >= 11 is 0. The van der Waals surface area contributed by atoms with Crippen molar-refractivity contribution in [2.24, 2.45) is 7.05 Å². The smallest absolute Gasteiger partial charge is 0.274 e. The van der Waals surface area contributed by atoms with E-state index in [9.17, 15) is 14.4 Å². The molecule has 0 bridgehead atoms. The molecule has 2 aliphatic rings. The van der Waals surface area contributed by atoms with Gasteiger partial charge in [0.2, 0.25) is 11.8 Å². The van der Waals surface area contributed by atoms with Gasteiger partial charge in [-0.2, -0.15) is 5.10 Å². The van der Waals surface area contributed by atoms with Crippen molar-refractivity contribution in [2.45, 2.75) is 25.8 Å². The van der Waals surface area contributed by atoms with E-state index in [0.29, 0.717) is 31.7 Å². The SMILES string of the molecule is CC(=O)N1CC(=O)N(c2cnn(C)c2)C[C@@]12CCN(C(=O)c1cnc(C)cn1)C2. The van der Waals surface area contributed by atoms with Crippen LogP contribution < -0.4 is 4.90 Å². The summed E-state index contributed by atoms with van der Waals surface area (Å²) in [4.78, 5) is 51.3. The molecule has 1 atom stereocenters. The van der Waals surface area contributed by atoms with Crippen LogP contribution in [0.4, 0.5) is 5.69 Å². The van der Waals surface area contributed by atoms with Crippen LogP contribution in [0.1, 0.15) is 29.5 Å². The molecule has 10 heteroatoms. The zero-order valence-electron chi connectivity index (χ0n) is 16.7. The maximum absolute atomic E-state index is 12.9. The summed E-state index contributed by atoms with van der Waals surface area (Å²) in [5.41, 5.74) is 1.07. The van der Waals surface area contributed by atoms with Crippen molar-refractivity contribution in [3.05, 3.63) is 36.2 Å². The number of likely N-dealkylation sites (tertiary alicyclic amines) is 1. The highest BCUT2D eigenvalue weighted by Gasteiger charge is 2.51. The van der Waals surface area contributed by atoms with E-state index in [2.05, 4.69) is 15.1 Å². The molecule has 4 heterocycles. The second-order valence-electron chi connectivity index (χ2n) is 7.70. The lowest BCUT2D eigenvalue weighted by Gasteiger charge is -2.47. The lowest BCUT2D eigenvalue weighted by Crippen LogP contribution is -2.67. The minimum absolute atomic E-state index is 0.0173.